The van der Waals surface area contributed by atoms with Crippen LogP contribution >= 0.6 is 0 Å². The van der Waals surface area contributed by atoms with Crippen LogP contribution in [0.25, 0.3) is 22.4 Å². The largest absolute Gasteiger partial charge is 0.424 e. The number of aromatic nitrogens is 4. The van der Waals surface area contributed by atoms with E-state index in [1.54, 1.807) is 30.3 Å². The van der Waals surface area contributed by atoms with Crippen molar-refractivity contribution in [1.29, 1.82) is 0 Å². The van der Waals surface area contributed by atoms with Crippen LogP contribution in [0.5, 0.6) is 0 Å². The second kappa shape index (κ2) is 8.83. The molecule has 1 saturated carbocycles. The van der Waals surface area contributed by atoms with Crippen molar-refractivity contribution in [2.75, 3.05) is 0 Å². The van der Waals surface area contributed by atoms with Gasteiger partial charge in [0.05, 0.1) is 15.9 Å². The normalized spacial score (nSPS) is 19.3. The summed E-state index contributed by atoms with van der Waals surface area (Å²) in [6, 6.07) is 10.6. The number of sulfonamides is 1. The first kappa shape index (κ1) is 23.6. The maximum Gasteiger partial charge on any atom is 0.240 e. The van der Waals surface area contributed by atoms with Gasteiger partial charge in [0, 0.05) is 22.9 Å². The minimum absolute atomic E-state index is 0.143. The van der Waals surface area contributed by atoms with Gasteiger partial charge in [-0.05, 0) is 68.1 Å². The average Bonchev–Trinajstić information content (AvgIpc) is 3.47. The maximum atomic E-state index is 13.2. The molecule has 0 spiro atoms. The average molecular weight is 498 g/mol. The zero-order chi connectivity index (χ0) is 24.8. The van der Waals surface area contributed by atoms with Gasteiger partial charge in [0.15, 0.2) is 0 Å². The molecule has 1 aliphatic rings. The van der Waals surface area contributed by atoms with Gasteiger partial charge in [0.2, 0.25) is 21.8 Å². The molecule has 2 heterocycles. The molecule has 2 N–H and O–H groups in total. The highest BCUT2D eigenvalue weighted by molar-refractivity contribution is 7.89. The zero-order valence-electron chi connectivity index (χ0n) is 19.9. The molecule has 0 saturated heterocycles. The molecular formula is C25H28FN5O3S. The summed E-state index contributed by atoms with van der Waals surface area (Å²) in [7, 11) is -3.71. The number of nitrogens with zero attached hydrogens (tertiary/aromatic N) is 3. The van der Waals surface area contributed by atoms with Gasteiger partial charge in [-0.1, -0.05) is 20.8 Å². The standard InChI is InChI=1S/C25H28FN5O3S/c1-25(2,3)24-30-29-23(34-24)16-6-10-18(11-7-16)31-35(32,33)19-12-13-20-21(14-19)28-22(27-20)15-4-8-17(26)9-5-15/h4-5,8-9,12-14,16,18,31H,6-7,10-11H2,1-3H3,(H,27,28)/t16-,18-. The van der Waals surface area contributed by atoms with Gasteiger partial charge in [-0.15, -0.1) is 10.2 Å². The minimum Gasteiger partial charge on any atom is -0.424 e. The Morgan fingerprint density at radius 2 is 1.74 bits per heavy atom. The number of aromatic amines is 1. The maximum absolute atomic E-state index is 13.2. The molecule has 35 heavy (non-hydrogen) atoms. The lowest BCUT2D eigenvalue weighted by molar-refractivity contribution is 0.304. The highest BCUT2D eigenvalue weighted by Gasteiger charge is 2.31. The summed E-state index contributed by atoms with van der Waals surface area (Å²) < 4.78 is 48.1. The molecule has 10 heteroatoms. The third-order valence-corrected chi connectivity index (χ3v) is 7.88. The van der Waals surface area contributed by atoms with Crippen LogP contribution in [-0.2, 0) is 15.4 Å². The van der Waals surface area contributed by atoms with Crippen LogP contribution in [0, 0.1) is 5.82 Å². The van der Waals surface area contributed by atoms with Crippen molar-refractivity contribution < 1.29 is 17.2 Å². The number of benzene rings is 2. The molecule has 2 aromatic carbocycles. The third kappa shape index (κ3) is 4.99. The number of hydrogen-bond acceptors (Lipinski definition) is 6. The van der Waals surface area contributed by atoms with Crippen LogP contribution in [0.3, 0.4) is 0 Å². The molecule has 0 atom stereocenters. The fourth-order valence-corrected chi connectivity index (χ4v) is 5.67. The van der Waals surface area contributed by atoms with Crippen molar-refractivity contribution in [2.45, 2.75) is 68.7 Å². The smallest absolute Gasteiger partial charge is 0.240 e. The molecule has 0 unspecified atom stereocenters. The van der Waals surface area contributed by atoms with Crippen molar-refractivity contribution in [3.63, 3.8) is 0 Å². The molecule has 8 nitrogen and oxygen atoms in total. The van der Waals surface area contributed by atoms with Crippen LogP contribution in [0.2, 0.25) is 0 Å². The molecule has 4 aromatic rings. The molecule has 0 aliphatic heterocycles. The fourth-order valence-electron chi connectivity index (χ4n) is 4.35. The van der Waals surface area contributed by atoms with Crippen molar-refractivity contribution in [1.82, 2.24) is 24.9 Å². The number of rotatable bonds is 5. The Bertz CT molecular complexity index is 1450. The Morgan fingerprint density at radius 3 is 2.40 bits per heavy atom. The number of fused-ring (bicyclic) bond motifs is 1. The molecule has 2 aromatic heterocycles. The monoisotopic (exact) mass is 497 g/mol. The molecule has 1 aliphatic carbocycles. The van der Waals surface area contributed by atoms with Crippen molar-refractivity contribution in [2.24, 2.45) is 0 Å². The van der Waals surface area contributed by atoms with Gasteiger partial charge in [0.25, 0.3) is 0 Å². The van der Waals surface area contributed by atoms with Gasteiger partial charge in [-0.2, -0.15) is 0 Å². The van der Waals surface area contributed by atoms with E-state index in [0.29, 0.717) is 41.5 Å². The summed E-state index contributed by atoms with van der Waals surface area (Å²) in [4.78, 5) is 7.82. The molecule has 1 fully saturated rings. The predicted molar refractivity (Wildman–Crippen MR) is 130 cm³/mol. The van der Waals surface area contributed by atoms with E-state index in [-0.39, 0.29) is 28.1 Å². The Balaban J connectivity index is 1.26. The Hall–Kier alpha value is -3.11. The quantitative estimate of drug-likeness (QED) is 0.399. The third-order valence-electron chi connectivity index (χ3n) is 6.36. The summed E-state index contributed by atoms with van der Waals surface area (Å²) >= 11 is 0. The van der Waals surface area contributed by atoms with Crippen LogP contribution < -0.4 is 4.72 Å². The van der Waals surface area contributed by atoms with E-state index in [1.165, 1.54) is 12.1 Å². The molecule has 5 rings (SSSR count). The molecule has 0 bridgehead atoms. The Kier molecular flexibility index (Phi) is 5.96. The van der Waals surface area contributed by atoms with Crippen molar-refractivity contribution in [3.8, 4) is 11.4 Å². The lowest BCUT2D eigenvalue weighted by atomic mass is 9.86. The topological polar surface area (TPSA) is 114 Å². The van der Waals surface area contributed by atoms with Crippen molar-refractivity contribution in [3.05, 3.63) is 60.1 Å². The SMILES string of the molecule is CC(C)(C)c1nnc([C@H]2CC[C@H](NS(=O)(=O)c3ccc4[nH]c(-c5ccc(F)cc5)nc4c3)CC2)o1. The molecule has 184 valence electrons. The van der Waals surface area contributed by atoms with Gasteiger partial charge >= 0.3 is 0 Å². The van der Waals surface area contributed by atoms with E-state index < -0.39 is 10.0 Å². The predicted octanol–water partition coefficient (Wildman–Crippen LogP) is 5.05. The van der Waals surface area contributed by atoms with E-state index >= 15 is 0 Å². The second-order valence-electron chi connectivity index (χ2n) is 10.1. The summed E-state index contributed by atoms with van der Waals surface area (Å²) in [6.07, 6.45) is 2.93. The first-order valence-electron chi connectivity index (χ1n) is 11.7. The van der Waals surface area contributed by atoms with Gasteiger partial charge in [-0.3, -0.25) is 0 Å². The Morgan fingerprint density at radius 1 is 1.03 bits per heavy atom. The van der Waals surface area contributed by atoms with Crippen LogP contribution in [-0.4, -0.2) is 34.6 Å². The van der Waals surface area contributed by atoms with Crippen LogP contribution in [0.1, 0.15) is 64.2 Å². The first-order chi connectivity index (χ1) is 16.6. The number of nitrogens with one attached hydrogen (secondary N) is 2. The van der Waals surface area contributed by atoms with E-state index in [9.17, 15) is 12.8 Å². The first-order valence-corrected chi connectivity index (χ1v) is 13.2. The summed E-state index contributed by atoms with van der Waals surface area (Å²) in [6.45, 7) is 6.08. The summed E-state index contributed by atoms with van der Waals surface area (Å²) in [5, 5.41) is 8.40. The Labute approximate surface area is 203 Å². The van der Waals surface area contributed by atoms with Crippen LogP contribution in [0.15, 0.2) is 51.8 Å². The highest BCUT2D eigenvalue weighted by atomic mass is 32.2. The molecule has 0 amide bonds. The zero-order valence-corrected chi connectivity index (χ0v) is 20.7. The van der Waals surface area contributed by atoms with Crippen molar-refractivity contribution >= 4 is 21.1 Å². The number of H-pyrrole nitrogens is 1. The van der Waals surface area contributed by atoms with E-state index in [0.717, 1.165) is 18.4 Å². The van der Waals surface area contributed by atoms with Gasteiger partial charge in [-0.25, -0.2) is 22.5 Å². The molecular weight excluding hydrogens is 469 g/mol. The van der Waals surface area contributed by atoms with Crippen LogP contribution in [0.4, 0.5) is 4.39 Å². The minimum atomic E-state index is -3.71. The summed E-state index contributed by atoms with van der Waals surface area (Å²) in [5.41, 5.74) is 1.76. The second-order valence-corrected chi connectivity index (χ2v) is 11.9. The lowest BCUT2D eigenvalue weighted by Crippen LogP contribution is -2.37. The van der Waals surface area contributed by atoms with E-state index in [1.807, 2.05) is 20.8 Å². The fraction of sp³-hybridized carbons (Fsp3) is 0.400. The molecule has 0 radical (unpaired) electrons. The lowest BCUT2D eigenvalue weighted by Gasteiger charge is -2.27. The number of halogens is 1. The van der Waals surface area contributed by atoms with Gasteiger partial charge in [0.1, 0.15) is 11.6 Å². The number of hydrogen-bond donors (Lipinski definition) is 2. The highest BCUT2D eigenvalue weighted by Crippen LogP contribution is 2.34. The van der Waals surface area contributed by atoms with Gasteiger partial charge < -0.3 is 9.40 Å². The van der Waals surface area contributed by atoms with E-state index in [4.69, 9.17) is 4.42 Å². The summed E-state index contributed by atoms with van der Waals surface area (Å²) in [5.74, 6) is 1.62. The number of imidazole rings is 1. The van der Waals surface area contributed by atoms with E-state index in [2.05, 4.69) is 24.9 Å².